The van der Waals surface area contributed by atoms with Crippen LogP contribution in [0.25, 0.3) is 0 Å². The van der Waals surface area contributed by atoms with Crippen LogP contribution in [0, 0.1) is 5.92 Å². The lowest BCUT2D eigenvalue weighted by molar-refractivity contribution is -0.136. The van der Waals surface area contributed by atoms with Crippen molar-refractivity contribution >= 4 is 11.7 Å². The second-order valence-electron chi connectivity index (χ2n) is 5.43. The summed E-state index contributed by atoms with van der Waals surface area (Å²) in [7, 11) is 0. The van der Waals surface area contributed by atoms with E-state index in [-0.39, 0.29) is 5.91 Å². The standard InChI is InChI=1S/C13H20N4O/c14-12-6-8-16(15-12)9-13(18)17-7-2-4-10-3-1-5-11(10)17/h6,8,10-11H,1-5,7,9H2,(H2,14,15). The minimum absolute atomic E-state index is 0.190. The van der Waals surface area contributed by atoms with Gasteiger partial charge in [-0.2, -0.15) is 5.10 Å². The summed E-state index contributed by atoms with van der Waals surface area (Å²) < 4.78 is 1.64. The molecule has 0 aromatic carbocycles. The van der Waals surface area contributed by atoms with E-state index in [1.165, 1.54) is 25.7 Å². The number of hydrogen-bond acceptors (Lipinski definition) is 3. The van der Waals surface area contributed by atoms with E-state index in [1.54, 1.807) is 16.9 Å². The fourth-order valence-electron chi connectivity index (χ4n) is 3.46. The van der Waals surface area contributed by atoms with Gasteiger partial charge in [0.15, 0.2) is 0 Å². The van der Waals surface area contributed by atoms with Crippen LogP contribution in [0.3, 0.4) is 0 Å². The molecule has 1 saturated heterocycles. The number of hydrogen-bond donors (Lipinski definition) is 1. The van der Waals surface area contributed by atoms with Crippen molar-refractivity contribution in [2.75, 3.05) is 12.3 Å². The number of piperidine rings is 1. The van der Waals surface area contributed by atoms with E-state index >= 15 is 0 Å². The minimum atomic E-state index is 0.190. The van der Waals surface area contributed by atoms with E-state index in [9.17, 15) is 4.79 Å². The highest BCUT2D eigenvalue weighted by atomic mass is 16.2. The van der Waals surface area contributed by atoms with E-state index < -0.39 is 0 Å². The summed E-state index contributed by atoms with van der Waals surface area (Å²) in [5.41, 5.74) is 5.56. The lowest BCUT2D eigenvalue weighted by Gasteiger charge is -2.37. The highest BCUT2D eigenvalue weighted by Gasteiger charge is 2.37. The Balaban J connectivity index is 1.68. The summed E-state index contributed by atoms with van der Waals surface area (Å²) in [4.78, 5) is 14.4. The van der Waals surface area contributed by atoms with Crippen LogP contribution in [0.5, 0.6) is 0 Å². The Hall–Kier alpha value is -1.52. The smallest absolute Gasteiger partial charge is 0.244 e. The maximum Gasteiger partial charge on any atom is 0.244 e. The van der Waals surface area contributed by atoms with E-state index in [0.29, 0.717) is 18.4 Å². The number of fused-ring (bicyclic) bond motifs is 1. The Kier molecular flexibility index (Phi) is 2.97. The van der Waals surface area contributed by atoms with Crippen molar-refractivity contribution in [1.29, 1.82) is 0 Å². The molecular formula is C13H20N4O. The fraction of sp³-hybridized carbons (Fsp3) is 0.692. The quantitative estimate of drug-likeness (QED) is 0.857. The number of carbonyl (C=O) groups excluding carboxylic acids is 1. The molecule has 5 heteroatoms. The number of nitrogen functional groups attached to an aromatic ring is 1. The van der Waals surface area contributed by atoms with Gasteiger partial charge in [0.25, 0.3) is 0 Å². The number of amides is 1. The largest absolute Gasteiger partial charge is 0.382 e. The summed E-state index contributed by atoms with van der Waals surface area (Å²) >= 11 is 0. The molecule has 1 amide bonds. The number of anilines is 1. The van der Waals surface area contributed by atoms with Crippen LogP contribution in [-0.2, 0) is 11.3 Å². The first-order chi connectivity index (χ1) is 8.74. The van der Waals surface area contributed by atoms with Crippen molar-refractivity contribution in [3.05, 3.63) is 12.3 Å². The lowest BCUT2D eigenvalue weighted by atomic mass is 9.92. The van der Waals surface area contributed by atoms with E-state index in [2.05, 4.69) is 10.00 Å². The number of likely N-dealkylation sites (tertiary alicyclic amines) is 1. The number of aromatic nitrogens is 2. The van der Waals surface area contributed by atoms with Gasteiger partial charge in [-0.15, -0.1) is 0 Å². The summed E-state index contributed by atoms with van der Waals surface area (Å²) in [5, 5.41) is 4.08. The minimum Gasteiger partial charge on any atom is -0.382 e. The molecule has 2 N–H and O–H groups in total. The molecule has 1 aromatic rings. The van der Waals surface area contributed by atoms with Gasteiger partial charge in [-0.3, -0.25) is 9.48 Å². The van der Waals surface area contributed by atoms with Gasteiger partial charge in [-0.05, 0) is 37.7 Å². The van der Waals surface area contributed by atoms with Gasteiger partial charge in [-0.25, -0.2) is 0 Å². The van der Waals surface area contributed by atoms with Crippen molar-refractivity contribution in [2.24, 2.45) is 5.92 Å². The molecule has 3 rings (SSSR count). The molecule has 5 nitrogen and oxygen atoms in total. The van der Waals surface area contributed by atoms with Crippen LogP contribution in [-0.4, -0.2) is 33.2 Å². The molecule has 98 valence electrons. The van der Waals surface area contributed by atoms with Gasteiger partial charge >= 0.3 is 0 Å². The fourth-order valence-corrected chi connectivity index (χ4v) is 3.46. The summed E-state index contributed by atoms with van der Waals surface area (Å²) in [6.45, 7) is 1.23. The molecule has 0 spiro atoms. The third-order valence-electron chi connectivity index (χ3n) is 4.27. The molecule has 2 heterocycles. The van der Waals surface area contributed by atoms with Gasteiger partial charge in [0, 0.05) is 18.8 Å². The Labute approximate surface area is 107 Å². The van der Waals surface area contributed by atoms with E-state index in [1.807, 2.05) is 0 Å². The third-order valence-corrected chi connectivity index (χ3v) is 4.27. The summed E-state index contributed by atoms with van der Waals surface area (Å²) in [6, 6.07) is 2.21. The number of nitrogens with two attached hydrogens (primary N) is 1. The molecule has 1 saturated carbocycles. The second kappa shape index (κ2) is 4.63. The predicted molar refractivity (Wildman–Crippen MR) is 68.7 cm³/mol. The molecule has 2 aliphatic rings. The SMILES string of the molecule is Nc1ccn(CC(=O)N2CCCC3CCCC32)n1. The van der Waals surface area contributed by atoms with Gasteiger partial charge < -0.3 is 10.6 Å². The van der Waals surface area contributed by atoms with E-state index in [0.717, 1.165) is 18.9 Å². The van der Waals surface area contributed by atoms with Crippen molar-refractivity contribution < 1.29 is 4.79 Å². The maximum absolute atomic E-state index is 12.3. The van der Waals surface area contributed by atoms with Crippen LogP contribution in [0.2, 0.25) is 0 Å². The van der Waals surface area contributed by atoms with Gasteiger partial charge in [0.05, 0.1) is 0 Å². The van der Waals surface area contributed by atoms with Crippen LogP contribution >= 0.6 is 0 Å². The molecule has 0 radical (unpaired) electrons. The Morgan fingerprint density at radius 2 is 2.22 bits per heavy atom. The molecule has 1 aliphatic carbocycles. The molecule has 1 aliphatic heterocycles. The Morgan fingerprint density at radius 1 is 1.39 bits per heavy atom. The maximum atomic E-state index is 12.3. The van der Waals surface area contributed by atoms with Crippen molar-refractivity contribution in [3.8, 4) is 0 Å². The monoisotopic (exact) mass is 248 g/mol. The first kappa shape index (κ1) is 11.6. The average Bonchev–Trinajstić information content (AvgIpc) is 2.97. The zero-order valence-corrected chi connectivity index (χ0v) is 10.6. The van der Waals surface area contributed by atoms with Crippen LogP contribution < -0.4 is 5.73 Å². The van der Waals surface area contributed by atoms with Crippen LogP contribution in [0.1, 0.15) is 32.1 Å². The number of nitrogens with zero attached hydrogens (tertiary/aromatic N) is 3. The third kappa shape index (κ3) is 2.09. The molecule has 2 unspecified atom stereocenters. The first-order valence-electron chi connectivity index (χ1n) is 6.82. The Bertz CT molecular complexity index is 442. The predicted octanol–water partition coefficient (Wildman–Crippen LogP) is 1.26. The van der Waals surface area contributed by atoms with E-state index in [4.69, 9.17) is 5.73 Å². The summed E-state index contributed by atoms with van der Waals surface area (Å²) in [5.74, 6) is 1.40. The lowest BCUT2D eigenvalue weighted by Crippen LogP contribution is -2.47. The number of carbonyl (C=O) groups is 1. The highest BCUT2D eigenvalue weighted by Crippen LogP contribution is 2.36. The van der Waals surface area contributed by atoms with Crippen molar-refractivity contribution in [3.63, 3.8) is 0 Å². The normalized spacial score (nSPS) is 27.2. The van der Waals surface area contributed by atoms with Crippen molar-refractivity contribution in [2.45, 2.75) is 44.7 Å². The molecule has 0 bridgehead atoms. The molecule has 2 atom stereocenters. The molecule has 18 heavy (non-hydrogen) atoms. The zero-order chi connectivity index (χ0) is 12.5. The van der Waals surface area contributed by atoms with Crippen molar-refractivity contribution in [1.82, 2.24) is 14.7 Å². The van der Waals surface area contributed by atoms with Gasteiger partial charge in [0.2, 0.25) is 5.91 Å². The molecular weight excluding hydrogens is 228 g/mol. The van der Waals surface area contributed by atoms with Crippen LogP contribution in [0.15, 0.2) is 12.3 Å². The summed E-state index contributed by atoms with van der Waals surface area (Å²) in [6.07, 6.45) is 7.95. The first-order valence-corrected chi connectivity index (χ1v) is 6.82. The molecule has 2 fully saturated rings. The van der Waals surface area contributed by atoms with Crippen LogP contribution in [0.4, 0.5) is 5.82 Å². The zero-order valence-electron chi connectivity index (χ0n) is 10.6. The van der Waals surface area contributed by atoms with Gasteiger partial charge in [-0.1, -0.05) is 6.42 Å². The highest BCUT2D eigenvalue weighted by molar-refractivity contribution is 5.76. The molecule has 1 aromatic heterocycles. The second-order valence-corrected chi connectivity index (χ2v) is 5.43. The average molecular weight is 248 g/mol. The number of rotatable bonds is 2. The topological polar surface area (TPSA) is 64.2 Å². The Morgan fingerprint density at radius 3 is 3.00 bits per heavy atom. The van der Waals surface area contributed by atoms with Gasteiger partial charge in [0.1, 0.15) is 12.4 Å².